The van der Waals surface area contributed by atoms with Crippen LogP contribution in [0.15, 0.2) is 90.0 Å². The lowest BCUT2D eigenvalue weighted by molar-refractivity contribution is 0.0793. The smallest absolute Gasteiger partial charge is 0.273 e. The van der Waals surface area contributed by atoms with E-state index in [4.69, 9.17) is 0 Å². The monoisotopic (exact) mass is 661 g/mol. The number of aliphatic hydroxyl groups is 2. The van der Waals surface area contributed by atoms with E-state index in [1.165, 1.54) is 30.5 Å². The Labute approximate surface area is 274 Å². The predicted molar refractivity (Wildman–Crippen MR) is 175 cm³/mol. The average molecular weight is 662 g/mol. The normalized spacial score (nSPS) is 12.5. The first-order valence-corrected chi connectivity index (χ1v) is 14.9. The van der Waals surface area contributed by atoms with Crippen LogP contribution in [0, 0.1) is 17.5 Å². The summed E-state index contributed by atoms with van der Waals surface area (Å²) in [6.07, 6.45) is -0.102. The molecule has 0 fully saturated rings. The molecule has 10 nitrogen and oxygen atoms in total. The highest BCUT2D eigenvalue weighted by atomic mass is 19.1. The number of hydrogen-bond acceptors (Lipinski definition) is 7. The minimum atomic E-state index is -0.908. The Hall–Kier alpha value is -5.37. The minimum absolute atomic E-state index is 0.0399. The first-order valence-electron chi connectivity index (χ1n) is 14.9. The zero-order chi connectivity index (χ0) is 34.8. The van der Waals surface area contributed by atoms with Crippen LogP contribution < -0.4 is 16.1 Å². The Morgan fingerprint density at radius 3 is 1.90 bits per heavy atom. The number of amides is 3. The molecule has 4 rings (SSSR count). The van der Waals surface area contributed by atoms with Gasteiger partial charge in [0.25, 0.3) is 17.7 Å². The van der Waals surface area contributed by atoms with E-state index in [2.05, 4.69) is 21.2 Å². The van der Waals surface area contributed by atoms with Gasteiger partial charge in [-0.1, -0.05) is 24.3 Å². The first-order chi connectivity index (χ1) is 22.9. The van der Waals surface area contributed by atoms with Crippen molar-refractivity contribution in [1.29, 1.82) is 0 Å². The Balaban J connectivity index is 1.51. The zero-order valence-electron chi connectivity index (χ0n) is 26.1. The molecule has 0 heterocycles. The topological polar surface area (TPSA) is 143 Å². The molecule has 250 valence electrons. The molecule has 0 saturated heterocycles. The van der Waals surface area contributed by atoms with Gasteiger partial charge in [0.15, 0.2) is 0 Å². The van der Waals surface area contributed by atoms with Crippen LogP contribution in [0.1, 0.15) is 56.0 Å². The van der Waals surface area contributed by atoms with Crippen molar-refractivity contribution in [3.8, 4) is 0 Å². The van der Waals surface area contributed by atoms with Crippen molar-refractivity contribution in [2.75, 3.05) is 23.7 Å². The highest BCUT2D eigenvalue weighted by Crippen LogP contribution is 2.23. The number of aliphatic hydroxyl groups excluding tert-OH is 2. The number of rotatable bonds is 13. The summed E-state index contributed by atoms with van der Waals surface area (Å²) in [6.45, 7) is 4.20. The third-order valence-corrected chi connectivity index (χ3v) is 6.82. The van der Waals surface area contributed by atoms with Crippen molar-refractivity contribution in [3.63, 3.8) is 0 Å². The van der Waals surface area contributed by atoms with Gasteiger partial charge in [-0.25, -0.2) is 18.6 Å². The maximum Gasteiger partial charge on any atom is 0.273 e. The van der Waals surface area contributed by atoms with E-state index in [1.54, 1.807) is 44.2 Å². The predicted octanol–water partition coefficient (Wildman–Crippen LogP) is 4.94. The lowest BCUT2D eigenvalue weighted by Gasteiger charge is -2.25. The summed E-state index contributed by atoms with van der Waals surface area (Å²) in [5.41, 5.74) is 2.74. The van der Waals surface area contributed by atoms with Gasteiger partial charge in [0.1, 0.15) is 17.5 Å². The number of carbonyl (C=O) groups excluding carboxylic acids is 3. The fourth-order valence-corrected chi connectivity index (χ4v) is 4.84. The lowest BCUT2D eigenvalue weighted by atomic mass is 10.1. The van der Waals surface area contributed by atoms with Crippen molar-refractivity contribution >= 4 is 35.3 Å². The van der Waals surface area contributed by atoms with E-state index < -0.39 is 47.4 Å². The van der Waals surface area contributed by atoms with E-state index in [-0.39, 0.29) is 28.1 Å². The number of nitrogens with zero attached hydrogens (tertiary/aromatic N) is 2. The number of carbonyl (C=O) groups is 3. The number of hydrogen-bond donors (Lipinski definition) is 5. The number of hydrazone groups is 1. The van der Waals surface area contributed by atoms with Crippen LogP contribution in [0.3, 0.4) is 0 Å². The van der Waals surface area contributed by atoms with Crippen LogP contribution in [0.5, 0.6) is 0 Å². The molecule has 2 unspecified atom stereocenters. The van der Waals surface area contributed by atoms with Gasteiger partial charge in [0.05, 0.1) is 40.9 Å². The maximum atomic E-state index is 14.3. The average Bonchev–Trinajstić information content (AvgIpc) is 3.02. The molecular formula is C35H34F3N5O5. The van der Waals surface area contributed by atoms with Gasteiger partial charge >= 0.3 is 0 Å². The van der Waals surface area contributed by atoms with Gasteiger partial charge < -0.3 is 20.8 Å². The summed E-state index contributed by atoms with van der Waals surface area (Å²) in [5, 5.41) is 28.5. The summed E-state index contributed by atoms with van der Waals surface area (Å²) < 4.78 is 41.9. The Kier molecular flexibility index (Phi) is 12.2. The number of benzene rings is 4. The minimum Gasteiger partial charge on any atom is -0.392 e. The molecule has 4 aromatic carbocycles. The molecule has 0 saturated carbocycles. The van der Waals surface area contributed by atoms with Crippen molar-refractivity contribution < 1.29 is 37.8 Å². The van der Waals surface area contributed by atoms with Crippen molar-refractivity contribution in [2.24, 2.45) is 5.10 Å². The highest BCUT2D eigenvalue weighted by molar-refractivity contribution is 6.14. The quantitative estimate of drug-likeness (QED) is 0.102. The molecule has 0 aliphatic rings. The summed E-state index contributed by atoms with van der Waals surface area (Å²) in [4.78, 5) is 41.3. The molecule has 5 N–H and O–H groups in total. The van der Waals surface area contributed by atoms with Gasteiger partial charge in [-0.2, -0.15) is 5.10 Å². The van der Waals surface area contributed by atoms with E-state index in [1.807, 2.05) is 4.90 Å². The Morgan fingerprint density at radius 2 is 1.29 bits per heavy atom. The molecule has 0 aliphatic carbocycles. The molecule has 0 aromatic heterocycles. The largest absolute Gasteiger partial charge is 0.392 e. The highest BCUT2D eigenvalue weighted by Gasteiger charge is 2.20. The van der Waals surface area contributed by atoms with Crippen LogP contribution in [0.4, 0.5) is 24.5 Å². The van der Waals surface area contributed by atoms with Gasteiger partial charge in [0, 0.05) is 25.2 Å². The van der Waals surface area contributed by atoms with Crippen LogP contribution in [0.25, 0.3) is 0 Å². The molecular weight excluding hydrogens is 627 g/mol. The number of anilines is 2. The molecule has 13 heteroatoms. The van der Waals surface area contributed by atoms with Crippen LogP contribution in [-0.4, -0.2) is 64.3 Å². The fourth-order valence-electron chi connectivity index (χ4n) is 4.84. The Bertz CT molecular complexity index is 1810. The summed E-state index contributed by atoms with van der Waals surface area (Å²) in [6, 6.07) is 18.2. The van der Waals surface area contributed by atoms with E-state index in [9.17, 15) is 37.8 Å². The summed E-state index contributed by atoms with van der Waals surface area (Å²) >= 11 is 0. The van der Waals surface area contributed by atoms with Crippen molar-refractivity contribution in [1.82, 2.24) is 10.3 Å². The summed E-state index contributed by atoms with van der Waals surface area (Å²) in [7, 11) is 0. The van der Waals surface area contributed by atoms with Crippen LogP contribution >= 0.6 is 0 Å². The molecule has 4 aromatic rings. The SMILES string of the molecule is CC(O)CN(Cc1cccc(C(=O)Nc2ccc(F)cc2C(=O)Nc2ccc(F)cc2C(=O)NN=Cc2cccc(F)c2)c1)CC(C)O. The van der Waals surface area contributed by atoms with E-state index >= 15 is 0 Å². The second-order valence-corrected chi connectivity index (χ2v) is 11.1. The van der Waals surface area contributed by atoms with Gasteiger partial charge in [-0.15, -0.1) is 0 Å². The molecule has 2 atom stereocenters. The van der Waals surface area contributed by atoms with E-state index in [0.29, 0.717) is 25.2 Å². The molecule has 0 radical (unpaired) electrons. The zero-order valence-corrected chi connectivity index (χ0v) is 26.1. The summed E-state index contributed by atoms with van der Waals surface area (Å²) in [5.74, 6) is -4.48. The Morgan fingerprint density at radius 1 is 0.729 bits per heavy atom. The number of halogens is 3. The van der Waals surface area contributed by atoms with Crippen molar-refractivity contribution in [2.45, 2.75) is 32.6 Å². The van der Waals surface area contributed by atoms with Gasteiger partial charge in [0.2, 0.25) is 0 Å². The molecule has 48 heavy (non-hydrogen) atoms. The van der Waals surface area contributed by atoms with Crippen LogP contribution in [0.2, 0.25) is 0 Å². The van der Waals surface area contributed by atoms with E-state index in [0.717, 1.165) is 35.9 Å². The second kappa shape index (κ2) is 16.5. The van der Waals surface area contributed by atoms with Crippen molar-refractivity contribution in [3.05, 3.63) is 130 Å². The maximum absolute atomic E-state index is 14.3. The second-order valence-electron chi connectivity index (χ2n) is 11.1. The lowest BCUT2D eigenvalue weighted by Crippen LogP contribution is -2.35. The fraction of sp³-hybridized carbons (Fsp3) is 0.200. The third-order valence-electron chi connectivity index (χ3n) is 6.82. The molecule has 0 spiro atoms. The first kappa shape index (κ1) is 35.5. The molecule has 0 aliphatic heterocycles. The molecule has 0 bridgehead atoms. The van der Waals surface area contributed by atoms with Gasteiger partial charge in [-0.05, 0) is 85.6 Å². The number of nitrogens with one attached hydrogen (secondary N) is 3. The van der Waals surface area contributed by atoms with Crippen LogP contribution in [-0.2, 0) is 6.54 Å². The standard InChI is InChI=1S/C35H34F3N5O5/c1-21(44)18-43(19-22(2)45)20-24-6-3-7-25(13-24)33(46)40-31-11-9-27(37)15-29(31)34(47)41-32-12-10-28(38)16-30(32)35(48)42-39-17-23-5-4-8-26(36)14-23/h3-17,21-22,44-45H,18-20H2,1-2H3,(H,40,46)(H,41,47)(H,42,48). The van der Waals surface area contributed by atoms with Gasteiger partial charge in [-0.3, -0.25) is 19.3 Å². The third kappa shape index (κ3) is 10.3. The molecule has 3 amide bonds.